The van der Waals surface area contributed by atoms with Crippen LogP contribution in [0.25, 0.3) is 0 Å². The van der Waals surface area contributed by atoms with Crippen molar-refractivity contribution in [3.8, 4) is 0 Å². The van der Waals surface area contributed by atoms with Crippen LogP contribution in [0.2, 0.25) is 0 Å². The predicted octanol–water partition coefficient (Wildman–Crippen LogP) is 1.83. The fourth-order valence-corrected chi connectivity index (χ4v) is 1.23. The van der Waals surface area contributed by atoms with Crippen LogP contribution in [0.4, 0.5) is 0 Å². The van der Waals surface area contributed by atoms with Crippen LogP contribution in [-0.4, -0.2) is 0 Å². The summed E-state index contributed by atoms with van der Waals surface area (Å²) in [5.74, 6) is 6.92. The fourth-order valence-electron chi connectivity index (χ4n) is 1.23. The summed E-state index contributed by atoms with van der Waals surface area (Å²) in [5, 5.41) is 0. The summed E-state index contributed by atoms with van der Waals surface area (Å²) in [7, 11) is 0. The van der Waals surface area contributed by atoms with Gasteiger partial charge in [0.1, 0.15) is 5.76 Å². The summed E-state index contributed by atoms with van der Waals surface area (Å²) in [5.41, 5.74) is 2.74. The largest absolute Gasteiger partial charge is 0.468 e. The Bertz CT molecular complexity index is 206. The summed E-state index contributed by atoms with van der Waals surface area (Å²) in [6, 6.07) is 3.95. The molecule has 1 heterocycles. The zero-order valence-electron chi connectivity index (χ0n) is 7.58. The second kappa shape index (κ2) is 4.28. The van der Waals surface area contributed by atoms with Crippen LogP contribution in [0.1, 0.15) is 32.1 Å². The Morgan fingerprint density at radius 2 is 2.33 bits per heavy atom. The van der Waals surface area contributed by atoms with E-state index in [1.165, 1.54) is 0 Å². The number of hydrogen-bond donors (Lipinski definition) is 2. The monoisotopic (exact) mass is 168 g/mol. The lowest BCUT2D eigenvalue weighted by Gasteiger charge is -2.14. The normalized spacial score (nSPS) is 13.7. The molecule has 1 aromatic rings. The van der Waals surface area contributed by atoms with Gasteiger partial charge in [-0.2, -0.15) is 0 Å². The molecule has 0 saturated carbocycles. The van der Waals surface area contributed by atoms with E-state index in [2.05, 4.69) is 19.3 Å². The molecule has 1 aromatic heterocycles. The van der Waals surface area contributed by atoms with Gasteiger partial charge in [-0.1, -0.05) is 13.8 Å². The van der Waals surface area contributed by atoms with Crippen LogP contribution >= 0.6 is 0 Å². The molecular weight excluding hydrogens is 152 g/mol. The van der Waals surface area contributed by atoms with E-state index >= 15 is 0 Å². The highest BCUT2D eigenvalue weighted by molar-refractivity contribution is 5.03. The van der Waals surface area contributed by atoms with Gasteiger partial charge in [0.25, 0.3) is 0 Å². The second-order valence-corrected chi connectivity index (χ2v) is 3.36. The van der Waals surface area contributed by atoms with Crippen molar-refractivity contribution in [1.82, 2.24) is 5.43 Å². The third kappa shape index (κ3) is 2.36. The van der Waals surface area contributed by atoms with Gasteiger partial charge in [-0.15, -0.1) is 0 Å². The van der Waals surface area contributed by atoms with Crippen molar-refractivity contribution in [2.24, 2.45) is 11.8 Å². The first-order valence-electron chi connectivity index (χ1n) is 4.23. The summed E-state index contributed by atoms with van der Waals surface area (Å²) in [4.78, 5) is 0. The van der Waals surface area contributed by atoms with Crippen molar-refractivity contribution in [2.75, 3.05) is 0 Å². The molecule has 0 spiro atoms. The van der Waals surface area contributed by atoms with Gasteiger partial charge in [-0.05, 0) is 24.5 Å². The van der Waals surface area contributed by atoms with Crippen LogP contribution in [0.5, 0.6) is 0 Å². The van der Waals surface area contributed by atoms with Gasteiger partial charge < -0.3 is 4.42 Å². The molecule has 0 aliphatic rings. The van der Waals surface area contributed by atoms with Crippen LogP contribution in [-0.2, 0) is 0 Å². The maximum atomic E-state index is 5.40. The molecule has 3 nitrogen and oxygen atoms in total. The maximum absolute atomic E-state index is 5.40. The highest BCUT2D eigenvalue weighted by Gasteiger charge is 2.13. The lowest BCUT2D eigenvalue weighted by Crippen LogP contribution is -2.28. The van der Waals surface area contributed by atoms with E-state index in [0.717, 1.165) is 12.2 Å². The Morgan fingerprint density at radius 1 is 1.58 bits per heavy atom. The minimum Gasteiger partial charge on any atom is -0.468 e. The molecule has 0 aliphatic carbocycles. The van der Waals surface area contributed by atoms with E-state index in [1.807, 2.05) is 12.1 Å². The summed E-state index contributed by atoms with van der Waals surface area (Å²) < 4.78 is 5.24. The third-order valence-electron chi connectivity index (χ3n) is 1.79. The Kier molecular flexibility index (Phi) is 3.31. The molecule has 0 radical (unpaired) electrons. The molecular formula is C9H16N2O. The SMILES string of the molecule is CC(C)CC(NN)c1ccco1. The first-order valence-corrected chi connectivity index (χ1v) is 4.23. The van der Waals surface area contributed by atoms with Crippen LogP contribution in [0.3, 0.4) is 0 Å². The Balaban J connectivity index is 2.57. The Labute approximate surface area is 72.9 Å². The third-order valence-corrected chi connectivity index (χ3v) is 1.79. The molecule has 0 aliphatic heterocycles. The van der Waals surface area contributed by atoms with E-state index in [1.54, 1.807) is 6.26 Å². The highest BCUT2D eigenvalue weighted by atomic mass is 16.3. The first-order chi connectivity index (χ1) is 5.74. The predicted molar refractivity (Wildman–Crippen MR) is 48.2 cm³/mol. The van der Waals surface area contributed by atoms with Gasteiger partial charge in [0.05, 0.1) is 12.3 Å². The number of furan rings is 1. The number of nitrogens with two attached hydrogens (primary N) is 1. The molecule has 0 aromatic carbocycles. The van der Waals surface area contributed by atoms with Crippen molar-refractivity contribution in [2.45, 2.75) is 26.3 Å². The molecule has 68 valence electrons. The van der Waals surface area contributed by atoms with E-state index < -0.39 is 0 Å². The first kappa shape index (κ1) is 9.29. The number of hydrazine groups is 1. The van der Waals surface area contributed by atoms with Gasteiger partial charge in [0.2, 0.25) is 0 Å². The molecule has 1 rings (SSSR count). The molecule has 0 saturated heterocycles. The number of nitrogens with one attached hydrogen (secondary N) is 1. The van der Waals surface area contributed by atoms with Gasteiger partial charge >= 0.3 is 0 Å². The minimum atomic E-state index is 0.139. The molecule has 0 amide bonds. The van der Waals surface area contributed by atoms with Gasteiger partial charge in [0, 0.05) is 0 Å². The van der Waals surface area contributed by atoms with Gasteiger partial charge in [-0.3, -0.25) is 5.84 Å². The molecule has 1 unspecified atom stereocenters. The molecule has 0 fully saturated rings. The van der Waals surface area contributed by atoms with Crippen LogP contribution in [0.15, 0.2) is 22.8 Å². The summed E-state index contributed by atoms with van der Waals surface area (Å²) in [6.07, 6.45) is 2.66. The van der Waals surface area contributed by atoms with Crippen molar-refractivity contribution in [3.63, 3.8) is 0 Å². The standard InChI is InChI=1S/C9H16N2O/c1-7(2)6-8(11-10)9-4-3-5-12-9/h3-5,7-8,11H,6,10H2,1-2H3. The topological polar surface area (TPSA) is 51.2 Å². The van der Waals surface area contributed by atoms with E-state index in [0.29, 0.717) is 5.92 Å². The lowest BCUT2D eigenvalue weighted by molar-refractivity contribution is 0.365. The zero-order valence-corrected chi connectivity index (χ0v) is 7.58. The van der Waals surface area contributed by atoms with Gasteiger partial charge in [0.15, 0.2) is 0 Å². The van der Waals surface area contributed by atoms with Crippen molar-refractivity contribution < 1.29 is 4.42 Å². The van der Waals surface area contributed by atoms with Crippen molar-refractivity contribution >= 4 is 0 Å². The van der Waals surface area contributed by atoms with Crippen LogP contribution < -0.4 is 11.3 Å². The number of hydrogen-bond acceptors (Lipinski definition) is 3. The molecule has 12 heavy (non-hydrogen) atoms. The molecule has 0 bridgehead atoms. The maximum Gasteiger partial charge on any atom is 0.122 e. The van der Waals surface area contributed by atoms with Crippen LogP contribution in [0, 0.1) is 5.92 Å². The average molecular weight is 168 g/mol. The minimum absolute atomic E-state index is 0.139. The lowest BCUT2D eigenvalue weighted by atomic mass is 10.0. The van der Waals surface area contributed by atoms with Gasteiger partial charge in [-0.25, -0.2) is 5.43 Å². The van der Waals surface area contributed by atoms with Crippen molar-refractivity contribution in [3.05, 3.63) is 24.2 Å². The van der Waals surface area contributed by atoms with Crippen molar-refractivity contribution in [1.29, 1.82) is 0 Å². The fraction of sp³-hybridized carbons (Fsp3) is 0.556. The summed E-state index contributed by atoms with van der Waals surface area (Å²) in [6.45, 7) is 4.32. The Hall–Kier alpha value is -0.800. The second-order valence-electron chi connectivity index (χ2n) is 3.36. The molecule has 1 atom stereocenters. The molecule has 3 heteroatoms. The van der Waals surface area contributed by atoms with E-state index in [4.69, 9.17) is 10.3 Å². The highest BCUT2D eigenvalue weighted by Crippen LogP contribution is 2.20. The summed E-state index contributed by atoms with van der Waals surface area (Å²) >= 11 is 0. The average Bonchev–Trinajstić information content (AvgIpc) is 2.51. The van der Waals surface area contributed by atoms with E-state index in [9.17, 15) is 0 Å². The Morgan fingerprint density at radius 3 is 2.75 bits per heavy atom. The molecule has 3 N–H and O–H groups in total. The smallest absolute Gasteiger partial charge is 0.122 e. The number of rotatable bonds is 4. The quantitative estimate of drug-likeness (QED) is 0.532. The zero-order chi connectivity index (χ0) is 8.97. The van der Waals surface area contributed by atoms with E-state index in [-0.39, 0.29) is 6.04 Å².